The molecule has 0 atom stereocenters. The molecular weight excluding hydrogens is 423 g/mol. The Morgan fingerprint density at radius 2 is 1.85 bits per heavy atom. The van der Waals surface area contributed by atoms with Gasteiger partial charge in [0.2, 0.25) is 5.91 Å². The average molecular weight is 451 g/mol. The van der Waals surface area contributed by atoms with Crippen LogP contribution in [0.5, 0.6) is 0 Å². The predicted molar refractivity (Wildman–Crippen MR) is 122 cm³/mol. The average Bonchev–Trinajstić information content (AvgIpc) is 3.36. The van der Waals surface area contributed by atoms with E-state index in [0.29, 0.717) is 31.5 Å². The largest absolute Gasteiger partial charge is 0.349 e. The Kier molecular flexibility index (Phi) is 6.39. The number of likely N-dealkylation sites (tertiary alicyclic amines) is 1. The fourth-order valence-electron chi connectivity index (χ4n) is 4.04. The van der Waals surface area contributed by atoms with Crippen molar-refractivity contribution < 1.29 is 14.0 Å². The molecule has 2 aromatic heterocycles. The first-order valence-corrected chi connectivity index (χ1v) is 10.9. The van der Waals surface area contributed by atoms with E-state index in [2.05, 4.69) is 15.5 Å². The first kappa shape index (κ1) is 22.4. The maximum atomic E-state index is 13.2. The lowest BCUT2D eigenvalue weighted by Crippen LogP contribution is -2.46. The van der Waals surface area contributed by atoms with Gasteiger partial charge in [-0.3, -0.25) is 14.3 Å². The summed E-state index contributed by atoms with van der Waals surface area (Å²) in [4.78, 5) is 26.8. The molecule has 3 heterocycles. The Morgan fingerprint density at radius 3 is 2.48 bits per heavy atom. The van der Waals surface area contributed by atoms with Crippen LogP contribution >= 0.6 is 0 Å². The number of halogens is 1. The number of benzene rings is 1. The van der Waals surface area contributed by atoms with E-state index in [4.69, 9.17) is 0 Å². The first-order chi connectivity index (χ1) is 15.8. The summed E-state index contributed by atoms with van der Waals surface area (Å²) in [5, 5.41) is 11.6. The highest BCUT2D eigenvalue weighted by Gasteiger charge is 2.23. The van der Waals surface area contributed by atoms with Crippen LogP contribution in [0.25, 0.3) is 11.8 Å². The molecule has 1 aromatic carbocycles. The molecule has 0 unspecified atom stereocenters. The number of piperidine rings is 1. The number of rotatable bonds is 5. The second kappa shape index (κ2) is 9.40. The topological polar surface area (TPSA) is 85.1 Å². The lowest BCUT2D eigenvalue weighted by Gasteiger charge is -2.31. The standard InChI is InChI=1S/C24H27FN6O2/c1-16-22(17(2)31(28-16)21-6-4-19(25)5-7-21)8-9-23(32)30-12-10-20(11-13-30)27-24(33)18-14-26-29(3)15-18/h4-9,14-15,20H,10-13H2,1-3H3,(H,27,33)/b9-8+. The predicted octanol–water partition coefficient (Wildman–Crippen LogP) is 2.80. The third kappa shape index (κ3) is 5.02. The van der Waals surface area contributed by atoms with Crippen molar-refractivity contribution in [1.29, 1.82) is 0 Å². The van der Waals surface area contributed by atoms with Crippen molar-refractivity contribution in [2.45, 2.75) is 32.7 Å². The van der Waals surface area contributed by atoms with Crippen LogP contribution in [-0.2, 0) is 11.8 Å². The number of nitrogens with one attached hydrogen (secondary N) is 1. The molecule has 4 rings (SSSR count). The van der Waals surface area contributed by atoms with Gasteiger partial charge in [0.15, 0.2) is 0 Å². The van der Waals surface area contributed by atoms with Crippen molar-refractivity contribution in [3.63, 3.8) is 0 Å². The maximum Gasteiger partial charge on any atom is 0.254 e. The van der Waals surface area contributed by atoms with Crippen LogP contribution in [0.2, 0.25) is 0 Å². The Hall–Kier alpha value is -3.75. The molecule has 172 valence electrons. The number of hydrogen-bond acceptors (Lipinski definition) is 4. The second-order valence-corrected chi connectivity index (χ2v) is 8.28. The van der Waals surface area contributed by atoms with E-state index < -0.39 is 0 Å². The molecule has 1 aliphatic rings. The first-order valence-electron chi connectivity index (χ1n) is 10.9. The summed E-state index contributed by atoms with van der Waals surface area (Å²) in [5.74, 6) is -0.510. The van der Waals surface area contributed by atoms with Crippen LogP contribution in [0.4, 0.5) is 4.39 Å². The number of amides is 2. The Bertz CT molecular complexity index is 1190. The van der Waals surface area contributed by atoms with Crippen molar-refractivity contribution >= 4 is 17.9 Å². The monoisotopic (exact) mass is 450 g/mol. The van der Waals surface area contributed by atoms with Crippen LogP contribution in [-0.4, -0.2) is 55.4 Å². The zero-order valence-corrected chi connectivity index (χ0v) is 19.0. The quantitative estimate of drug-likeness (QED) is 0.606. The van der Waals surface area contributed by atoms with E-state index in [1.54, 1.807) is 58.0 Å². The van der Waals surface area contributed by atoms with E-state index in [1.165, 1.54) is 12.1 Å². The van der Waals surface area contributed by atoms with Crippen LogP contribution in [0.1, 0.15) is 40.2 Å². The Labute approximate surface area is 191 Å². The Morgan fingerprint density at radius 1 is 1.15 bits per heavy atom. The summed E-state index contributed by atoms with van der Waals surface area (Å²) in [6, 6.07) is 6.17. The number of hydrogen-bond donors (Lipinski definition) is 1. The molecule has 0 bridgehead atoms. The molecule has 8 nitrogen and oxygen atoms in total. The smallest absolute Gasteiger partial charge is 0.254 e. The van der Waals surface area contributed by atoms with E-state index >= 15 is 0 Å². The van der Waals surface area contributed by atoms with Crippen molar-refractivity contribution in [3.05, 3.63) is 71.1 Å². The number of nitrogens with zero attached hydrogens (tertiary/aromatic N) is 5. The van der Waals surface area contributed by atoms with Gasteiger partial charge in [0, 0.05) is 49.7 Å². The third-order valence-electron chi connectivity index (χ3n) is 5.92. The van der Waals surface area contributed by atoms with E-state index in [9.17, 15) is 14.0 Å². The zero-order chi connectivity index (χ0) is 23.5. The Balaban J connectivity index is 1.35. The van der Waals surface area contributed by atoms with Gasteiger partial charge in [0.1, 0.15) is 5.82 Å². The van der Waals surface area contributed by atoms with Crippen molar-refractivity contribution in [2.75, 3.05) is 13.1 Å². The van der Waals surface area contributed by atoms with Gasteiger partial charge in [-0.15, -0.1) is 0 Å². The summed E-state index contributed by atoms with van der Waals surface area (Å²) in [6.07, 6.45) is 7.98. The van der Waals surface area contributed by atoms with Gasteiger partial charge < -0.3 is 10.2 Å². The van der Waals surface area contributed by atoms with Crippen LogP contribution in [0, 0.1) is 19.7 Å². The summed E-state index contributed by atoms with van der Waals surface area (Å²) >= 11 is 0. The molecular formula is C24H27FN6O2. The van der Waals surface area contributed by atoms with Crippen LogP contribution in [0.15, 0.2) is 42.7 Å². The molecule has 3 aromatic rings. The summed E-state index contributed by atoms with van der Waals surface area (Å²) in [7, 11) is 1.77. The highest BCUT2D eigenvalue weighted by atomic mass is 19.1. The number of aromatic nitrogens is 4. The lowest BCUT2D eigenvalue weighted by molar-refractivity contribution is -0.126. The van der Waals surface area contributed by atoms with Gasteiger partial charge in [-0.2, -0.15) is 10.2 Å². The van der Waals surface area contributed by atoms with Crippen LogP contribution in [0.3, 0.4) is 0 Å². The van der Waals surface area contributed by atoms with Gasteiger partial charge in [0.05, 0.1) is 23.1 Å². The normalized spacial score (nSPS) is 14.7. The highest BCUT2D eigenvalue weighted by Crippen LogP contribution is 2.20. The number of aryl methyl sites for hydroxylation is 2. The molecule has 1 N–H and O–H groups in total. The number of carbonyl (C=O) groups is 2. The fourth-order valence-corrected chi connectivity index (χ4v) is 4.04. The van der Waals surface area contributed by atoms with E-state index in [0.717, 1.165) is 22.6 Å². The minimum absolute atomic E-state index is 0.0316. The molecule has 9 heteroatoms. The molecule has 0 spiro atoms. The summed E-state index contributed by atoms with van der Waals surface area (Å²) in [5.41, 5.74) is 3.83. The van der Waals surface area contributed by atoms with Gasteiger partial charge in [-0.25, -0.2) is 9.07 Å². The molecule has 1 aliphatic heterocycles. The lowest BCUT2D eigenvalue weighted by atomic mass is 10.0. The number of carbonyl (C=O) groups excluding carboxylic acids is 2. The van der Waals surface area contributed by atoms with Crippen molar-refractivity contribution in [1.82, 2.24) is 29.8 Å². The maximum absolute atomic E-state index is 13.2. The van der Waals surface area contributed by atoms with Crippen molar-refractivity contribution in [2.24, 2.45) is 7.05 Å². The molecule has 33 heavy (non-hydrogen) atoms. The van der Waals surface area contributed by atoms with E-state index in [-0.39, 0.29) is 23.7 Å². The molecule has 1 saturated heterocycles. The highest BCUT2D eigenvalue weighted by molar-refractivity contribution is 5.94. The molecule has 0 saturated carbocycles. The molecule has 1 fully saturated rings. The van der Waals surface area contributed by atoms with Gasteiger partial charge in [0.25, 0.3) is 5.91 Å². The SMILES string of the molecule is Cc1nn(-c2ccc(F)cc2)c(C)c1/C=C/C(=O)N1CCC(NC(=O)c2cnn(C)c2)CC1. The van der Waals surface area contributed by atoms with Gasteiger partial charge in [-0.1, -0.05) is 0 Å². The third-order valence-corrected chi connectivity index (χ3v) is 5.92. The molecule has 2 amide bonds. The molecule has 0 aliphatic carbocycles. The summed E-state index contributed by atoms with van der Waals surface area (Å²) < 4.78 is 16.6. The van der Waals surface area contributed by atoms with Crippen LogP contribution < -0.4 is 5.32 Å². The fraction of sp³-hybridized carbons (Fsp3) is 0.333. The zero-order valence-electron chi connectivity index (χ0n) is 19.0. The minimum Gasteiger partial charge on any atom is -0.349 e. The van der Waals surface area contributed by atoms with E-state index in [1.807, 2.05) is 13.8 Å². The second-order valence-electron chi connectivity index (χ2n) is 8.28. The van der Waals surface area contributed by atoms with Crippen molar-refractivity contribution in [3.8, 4) is 5.69 Å². The van der Waals surface area contributed by atoms with Gasteiger partial charge >= 0.3 is 0 Å². The minimum atomic E-state index is -0.300. The summed E-state index contributed by atoms with van der Waals surface area (Å²) in [6.45, 7) is 4.96. The molecule has 0 radical (unpaired) electrons. The van der Waals surface area contributed by atoms with Gasteiger partial charge in [-0.05, 0) is 57.0 Å².